The van der Waals surface area contributed by atoms with Gasteiger partial charge in [0.05, 0.1) is 21.9 Å². The number of benzene rings is 2. The first-order valence-corrected chi connectivity index (χ1v) is 7.58. The zero-order valence-corrected chi connectivity index (χ0v) is 13.6. The number of aromatic nitrogens is 2. The highest BCUT2D eigenvalue weighted by molar-refractivity contribution is 6.50. The summed E-state index contributed by atoms with van der Waals surface area (Å²) in [6, 6.07) is 10.9. The lowest BCUT2D eigenvalue weighted by molar-refractivity contribution is -0.255. The number of carbonyl (C=O) groups excluding carboxylic acids is 1. The van der Waals surface area contributed by atoms with Crippen molar-refractivity contribution in [2.24, 2.45) is 0 Å². The Morgan fingerprint density at radius 1 is 1.17 bits per heavy atom. The first-order valence-electron chi connectivity index (χ1n) is 6.82. The van der Waals surface area contributed by atoms with E-state index in [-0.39, 0.29) is 27.3 Å². The van der Waals surface area contributed by atoms with Gasteiger partial charge in [0.25, 0.3) is 5.56 Å². The number of aromatic carboxylic acids is 1. The van der Waals surface area contributed by atoms with Gasteiger partial charge in [-0.3, -0.25) is 4.79 Å². The largest absolute Gasteiger partial charge is 0.545 e. The fourth-order valence-electron chi connectivity index (χ4n) is 2.15. The van der Waals surface area contributed by atoms with Gasteiger partial charge < -0.3 is 14.9 Å². The van der Waals surface area contributed by atoms with Crippen molar-refractivity contribution in [2.75, 3.05) is 0 Å². The van der Waals surface area contributed by atoms with Crippen LogP contribution >= 0.6 is 23.2 Å². The molecule has 0 fully saturated rings. The number of fused-ring (bicyclic) bond motifs is 1. The summed E-state index contributed by atoms with van der Waals surface area (Å²) in [4.78, 5) is 29.9. The van der Waals surface area contributed by atoms with Gasteiger partial charge in [-0.05, 0) is 41.5 Å². The average molecular weight is 360 g/mol. The van der Waals surface area contributed by atoms with E-state index in [4.69, 9.17) is 23.2 Å². The lowest BCUT2D eigenvalue weighted by Crippen LogP contribution is -2.22. The van der Waals surface area contributed by atoms with Crippen LogP contribution in [0.15, 0.2) is 47.3 Å². The molecule has 120 valence electrons. The number of carbonyl (C=O) groups is 1. The van der Waals surface area contributed by atoms with Gasteiger partial charge in [-0.25, -0.2) is 4.98 Å². The number of hydrogen-bond donors (Lipinski definition) is 1. The number of hydrogen-bond acceptors (Lipinski definition) is 4. The molecule has 5 nitrogen and oxygen atoms in total. The Balaban J connectivity index is 2.10. The van der Waals surface area contributed by atoms with E-state index in [1.54, 1.807) is 30.3 Å². The van der Waals surface area contributed by atoms with Crippen LogP contribution < -0.4 is 10.7 Å². The number of rotatable bonds is 3. The van der Waals surface area contributed by atoms with Crippen molar-refractivity contribution in [1.82, 2.24) is 9.97 Å². The monoisotopic (exact) mass is 359 g/mol. The Morgan fingerprint density at radius 2 is 1.88 bits per heavy atom. The molecule has 1 heterocycles. The van der Waals surface area contributed by atoms with Crippen molar-refractivity contribution in [3.05, 3.63) is 74.8 Å². The number of carboxylic acid groups (broad SMARTS) is 1. The van der Waals surface area contributed by atoms with Gasteiger partial charge in [0.1, 0.15) is 0 Å². The molecule has 1 N–H and O–H groups in total. The smallest absolute Gasteiger partial charge is 0.259 e. The van der Waals surface area contributed by atoms with Gasteiger partial charge in [-0.15, -0.1) is 0 Å². The molecule has 0 aliphatic carbocycles. The molecule has 7 heteroatoms. The predicted octanol–water partition coefficient (Wildman–Crippen LogP) is 2.68. The fraction of sp³-hybridized carbons (Fsp3) is 0. The summed E-state index contributed by atoms with van der Waals surface area (Å²) >= 11 is 12.0. The van der Waals surface area contributed by atoms with Crippen molar-refractivity contribution in [2.45, 2.75) is 0 Å². The van der Waals surface area contributed by atoms with Crippen LogP contribution in [0.4, 0.5) is 0 Å². The van der Waals surface area contributed by atoms with Crippen LogP contribution in [-0.4, -0.2) is 15.9 Å². The van der Waals surface area contributed by atoms with Crippen molar-refractivity contribution in [3.8, 4) is 0 Å². The minimum Gasteiger partial charge on any atom is -0.545 e. The lowest BCUT2D eigenvalue weighted by Gasteiger charge is -2.05. The maximum atomic E-state index is 12.1. The van der Waals surface area contributed by atoms with Gasteiger partial charge in [0.15, 0.2) is 5.82 Å². The second kappa shape index (κ2) is 6.47. The molecule has 0 aliphatic heterocycles. The average Bonchev–Trinajstić information content (AvgIpc) is 2.56. The summed E-state index contributed by atoms with van der Waals surface area (Å²) in [5.74, 6) is -1.21. The van der Waals surface area contributed by atoms with Crippen molar-refractivity contribution < 1.29 is 9.90 Å². The van der Waals surface area contributed by atoms with Crippen molar-refractivity contribution in [1.29, 1.82) is 0 Å². The van der Waals surface area contributed by atoms with E-state index >= 15 is 0 Å². The Hall–Kier alpha value is -2.63. The summed E-state index contributed by atoms with van der Waals surface area (Å²) in [6.07, 6.45) is 1.62. The van der Waals surface area contributed by atoms with E-state index in [9.17, 15) is 14.7 Å². The molecular formula is C17H9Cl2N2O3-. The molecule has 2 aromatic carbocycles. The third kappa shape index (κ3) is 3.32. The first-order chi connectivity index (χ1) is 11.4. The lowest BCUT2D eigenvalue weighted by atomic mass is 10.1. The zero-order valence-electron chi connectivity index (χ0n) is 12.0. The van der Waals surface area contributed by atoms with E-state index in [0.717, 1.165) is 5.56 Å². The third-order valence-corrected chi connectivity index (χ3v) is 3.87. The summed E-state index contributed by atoms with van der Waals surface area (Å²) in [5.41, 5.74) is 0.514. The topological polar surface area (TPSA) is 85.9 Å². The second-order valence-electron chi connectivity index (χ2n) is 4.98. The Morgan fingerprint density at radius 3 is 2.54 bits per heavy atom. The quantitative estimate of drug-likeness (QED) is 0.778. The third-order valence-electron chi connectivity index (χ3n) is 3.33. The summed E-state index contributed by atoms with van der Waals surface area (Å²) in [5, 5.41) is 12.0. The minimum absolute atomic E-state index is 0.0654. The molecule has 0 atom stereocenters. The molecule has 0 radical (unpaired) electrons. The Kier molecular flexibility index (Phi) is 4.38. The number of halogens is 2. The van der Waals surface area contributed by atoms with Crippen molar-refractivity contribution in [3.63, 3.8) is 0 Å². The number of carboxylic acids is 1. The number of H-pyrrole nitrogens is 1. The van der Waals surface area contributed by atoms with Crippen LogP contribution in [-0.2, 0) is 0 Å². The second-order valence-corrected chi connectivity index (χ2v) is 5.82. The normalized spacial score (nSPS) is 11.7. The number of aromatic amines is 1. The molecule has 1 aromatic heterocycles. The Labute approximate surface area is 146 Å². The van der Waals surface area contributed by atoms with Crippen LogP contribution in [0.5, 0.6) is 0 Å². The molecule has 24 heavy (non-hydrogen) atoms. The molecule has 3 aromatic rings. The Bertz CT molecular complexity index is 1020. The van der Waals surface area contributed by atoms with Crippen molar-refractivity contribution >= 4 is 51.2 Å². The number of nitrogens with zero attached hydrogens (tertiary/aromatic N) is 1. The maximum Gasteiger partial charge on any atom is 0.259 e. The highest BCUT2D eigenvalue weighted by Gasteiger charge is 2.08. The minimum atomic E-state index is -1.34. The van der Waals surface area contributed by atoms with Gasteiger partial charge in [0.2, 0.25) is 0 Å². The molecular weight excluding hydrogens is 351 g/mol. The first kappa shape index (κ1) is 16.2. The highest BCUT2D eigenvalue weighted by atomic mass is 35.5. The fourth-order valence-corrected chi connectivity index (χ4v) is 2.49. The van der Waals surface area contributed by atoms with Gasteiger partial charge in [-0.2, -0.15) is 0 Å². The van der Waals surface area contributed by atoms with E-state index < -0.39 is 11.5 Å². The van der Waals surface area contributed by atoms with E-state index in [0.29, 0.717) is 5.02 Å². The molecule has 0 spiro atoms. The predicted molar refractivity (Wildman–Crippen MR) is 91.9 cm³/mol. The highest BCUT2D eigenvalue weighted by Crippen LogP contribution is 2.21. The number of nitrogens with one attached hydrogen (secondary N) is 1. The van der Waals surface area contributed by atoms with Crippen LogP contribution in [0.1, 0.15) is 21.7 Å². The van der Waals surface area contributed by atoms with E-state index in [2.05, 4.69) is 9.97 Å². The summed E-state index contributed by atoms with van der Waals surface area (Å²) < 4.78 is 0. The summed E-state index contributed by atoms with van der Waals surface area (Å²) in [7, 11) is 0. The van der Waals surface area contributed by atoms with Crippen LogP contribution in [0.25, 0.3) is 22.0 Å². The molecule has 0 saturated carbocycles. The molecule has 0 amide bonds. The van der Waals surface area contributed by atoms with Gasteiger partial charge in [0, 0.05) is 5.02 Å². The van der Waals surface area contributed by atoms with Crippen LogP contribution in [0.2, 0.25) is 5.02 Å². The summed E-state index contributed by atoms with van der Waals surface area (Å²) in [6.45, 7) is 0. The van der Waals surface area contributed by atoms with E-state index in [1.807, 2.05) is 0 Å². The molecule has 0 aliphatic rings. The van der Waals surface area contributed by atoms with E-state index in [1.165, 1.54) is 18.2 Å². The molecule has 0 unspecified atom stereocenters. The van der Waals surface area contributed by atoms with Crippen LogP contribution in [0.3, 0.4) is 0 Å². The zero-order chi connectivity index (χ0) is 17.3. The van der Waals surface area contributed by atoms with Gasteiger partial charge in [-0.1, -0.05) is 41.4 Å². The standard InChI is InChI=1S/C17H10Cl2N2O3/c18-11-4-1-9(2-5-11)7-13(19)15-20-14-8-10(17(23)24)3-6-12(14)16(22)21-15/h1-8H,(H,23,24)(H,20,21,22)/p-1/b13-7-. The molecule has 0 saturated heterocycles. The molecule has 3 rings (SSSR count). The molecule has 0 bridgehead atoms. The van der Waals surface area contributed by atoms with Crippen LogP contribution in [0, 0.1) is 0 Å². The van der Waals surface area contributed by atoms with Gasteiger partial charge >= 0.3 is 0 Å². The SMILES string of the molecule is O=C([O-])c1ccc2c(=O)[nH]c(/C(Cl)=C/c3ccc(Cl)cc3)nc2c1. The maximum absolute atomic E-state index is 12.1.